The zero-order valence-corrected chi connectivity index (χ0v) is 13.8. The maximum absolute atomic E-state index is 12.5. The van der Waals surface area contributed by atoms with Gasteiger partial charge in [-0.15, -0.1) is 11.3 Å². The second-order valence-electron chi connectivity index (χ2n) is 5.72. The number of imidazole rings is 1. The van der Waals surface area contributed by atoms with Crippen LogP contribution in [0.1, 0.15) is 23.8 Å². The fourth-order valence-corrected chi connectivity index (χ4v) is 3.91. The van der Waals surface area contributed by atoms with Crippen molar-refractivity contribution in [1.29, 1.82) is 0 Å². The Morgan fingerprint density at radius 1 is 1.52 bits per heavy atom. The van der Waals surface area contributed by atoms with Gasteiger partial charge in [-0.2, -0.15) is 0 Å². The average Bonchev–Trinajstić information content (AvgIpc) is 3.27. The van der Waals surface area contributed by atoms with Crippen molar-refractivity contribution in [3.05, 3.63) is 41.1 Å². The second kappa shape index (κ2) is 6.95. The SMILES string of the molecule is CN1C(=O)C[C@@H](C(=O)NCCCn2ccnc2)[C@@H]1c1cccs1. The Hall–Kier alpha value is -2.15. The molecule has 1 N–H and O–H groups in total. The molecule has 1 aliphatic rings. The highest BCUT2D eigenvalue weighted by Gasteiger charge is 2.42. The number of thiophene rings is 1. The lowest BCUT2D eigenvalue weighted by molar-refractivity contribution is -0.128. The monoisotopic (exact) mass is 332 g/mol. The van der Waals surface area contributed by atoms with E-state index in [4.69, 9.17) is 0 Å². The van der Waals surface area contributed by atoms with Crippen LogP contribution in [-0.4, -0.2) is 39.9 Å². The molecule has 122 valence electrons. The van der Waals surface area contributed by atoms with Gasteiger partial charge < -0.3 is 14.8 Å². The third-order valence-electron chi connectivity index (χ3n) is 4.21. The molecule has 2 aromatic rings. The smallest absolute Gasteiger partial charge is 0.226 e. The molecule has 3 rings (SSSR count). The standard InChI is InChI=1S/C16H20N4O2S/c1-19-14(21)10-12(15(19)13-4-2-9-23-13)16(22)18-5-3-7-20-8-6-17-11-20/h2,4,6,8-9,11-12,15H,3,5,7,10H2,1H3,(H,18,22)/t12-,15-/m1/s1. The first kappa shape index (κ1) is 15.7. The van der Waals surface area contributed by atoms with Gasteiger partial charge in [-0.3, -0.25) is 9.59 Å². The van der Waals surface area contributed by atoms with Gasteiger partial charge in [0.1, 0.15) is 0 Å². The molecule has 0 bridgehead atoms. The molecule has 1 fully saturated rings. The summed E-state index contributed by atoms with van der Waals surface area (Å²) < 4.78 is 1.98. The van der Waals surface area contributed by atoms with Gasteiger partial charge in [-0.1, -0.05) is 6.07 Å². The molecule has 0 spiro atoms. The van der Waals surface area contributed by atoms with Crippen molar-refractivity contribution in [2.45, 2.75) is 25.4 Å². The zero-order chi connectivity index (χ0) is 16.2. The summed E-state index contributed by atoms with van der Waals surface area (Å²) in [6, 6.07) is 3.80. The Labute approximate surface area is 139 Å². The lowest BCUT2D eigenvalue weighted by Gasteiger charge is -2.23. The first-order valence-corrected chi connectivity index (χ1v) is 8.57. The number of amides is 2. The molecule has 1 saturated heterocycles. The van der Waals surface area contributed by atoms with Gasteiger partial charge in [-0.25, -0.2) is 4.98 Å². The Balaban J connectivity index is 1.56. The highest BCUT2D eigenvalue weighted by molar-refractivity contribution is 7.10. The van der Waals surface area contributed by atoms with E-state index in [9.17, 15) is 9.59 Å². The van der Waals surface area contributed by atoms with Crippen LogP contribution in [0, 0.1) is 5.92 Å². The largest absolute Gasteiger partial charge is 0.356 e. The fraction of sp³-hybridized carbons (Fsp3) is 0.438. The summed E-state index contributed by atoms with van der Waals surface area (Å²) in [6.07, 6.45) is 6.53. The number of nitrogens with one attached hydrogen (secondary N) is 1. The summed E-state index contributed by atoms with van der Waals surface area (Å²) in [5.74, 6) is -0.312. The van der Waals surface area contributed by atoms with Crippen LogP contribution >= 0.6 is 11.3 Å². The van der Waals surface area contributed by atoms with E-state index in [1.165, 1.54) is 0 Å². The minimum atomic E-state index is -0.306. The minimum Gasteiger partial charge on any atom is -0.356 e. The van der Waals surface area contributed by atoms with E-state index < -0.39 is 0 Å². The molecular formula is C16H20N4O2S. The summed E-state index contributed by atoms with van der Waals surface area (Å²) in [5.41, 5.74) is 0. The molecule has 0 radical (unpaired) electrons. The quantitative estimate of drug-likeness (QED) is 0.818. The first-order chi connectivity index (χ1) is 11.2. The first-order valence-electron chi connectivity index (χ1n) is 7.69. The highest BCUT2D eigenvalue weighted by atomic mass is 32.1. The van der Waals surface area contributed by atoms with E-state index in [2.05, 4.69) is 10.3 Å². The van der Waals surface area contributed by atoms with Crippen molar-refractivity contribution < 1.29 is 9.59 Å². The summed E-state index contributed by atoms with van der Waals surface area (Å²) in [5, 5.41) is 4.95. The van der Waals surface area contributed by atoms with Crippen molar-refractivity contribution in [3.8, 4) is 0 Å². The summed E-state index contributed by atoms with van der Waals surface area (Å²) in [6.45, 7) is 1.42. The molecular weight excluding hydrogens is 312 g/mol. The number of hydrogen-bond acceptors (Lipinski definition) is 4. The van der Waals surface area contributed by atoms with Gasteiger partial charge in [0.05, 0.1) is 18.3 Å². The third kappa shape index (κ3) is 3.44. The Kier molecular flexibility index (Phi) is 4.76. The molecule has 2 amide bonds. The van der Waals surface area contributed by atoms with Crippen LogP contribution in [0.4, 0.5) is 0 Å². The highest BCUT2D eigenvalue weighted by Crippen LogP contribution is 2.38. The van der Waals surface area contributed by atoms with Crippen LogP contribution in [0.15, 0.2) is 36.2 Å². The van der Waals surface area contributed by atoms with Crippen molar-refractivity contribution in [2.75, 3.05) is 13.6 Å². The maximum Gasteiger partial charge on any atom is 0.226 e. The van der Waals surface area contributed by atoms with Crippen molar-refractivity contribution in [2.24, 2.45) is 5.92 Å². The summed E-state index contributed by atoms with van der Waals surface area (Å²) in [4.78, 5) is 31.3. The molecule has 3 heterocycles. The number of likely N-dealkylation sites (tertiary alicyclic amines) is 1. The summed E-state index contributed by atoms with van der Waals surface area (Å²) >= 11 is 1.59. The van der Waals surface area contributed by atoms with Gasteiger partial charge in [0.15, 0.2) is 0 Å². The van der Waals surface area contributed by atoms with Crippen LogP contribution < -0.4 is 5.32 Å². The predicted molar refractivity (Wildman–Crippen MR) is 87.8 cm³/mol. The van der Waals surface area contributed by atoms with Gasteiger partial charge >= 0.3 is 0 Å². The van der Waals surface area contributed by atoms with Gasteiger partial charge in [-0.05, 0) is 17.9 Å². The zero-order valence-electron chi connectivity index (χ0n) is 13.0. The molecule has 1 aliphatic heterocycles. The van der Waals surface area contributed by atoms with E-state index in [1.807, 2.05) is 28.3 Å². The van der Waals surface area contributed by atoms with Crippen LogP contribution in [0.2, 0.25) is 0 Å². The third-order valence-corrected chi connectivity index (χ3v) is 5.15. The topological polar surface area (TPSA) is 67.2 Å². The molecule has 7 heteroatoms. The molecule has 23 heavy (non-hydrogen) atoms. The van der Waals surface area contributed by atoms with Crippen LogP contribution in [0.25, 0.3) is 0 Å². The van der Waals surface area contributed by atoms with Crippen LogP contribution in [0.3, 0.4) is 0 Å². The lowest BCUT2D eigenvalue weighted by Crippen LogP contribution is -2.35. The number of aryl methyl sites for hydroxylation is 1. The van der Waals surface area contributed by atoms with Crippen molar-refractivity contribution in [1.82, 2.24) is 19.8 Å². The molecule has 0 unspecified atom stereocenters. The molecule has 0 aliphatic carbocycles. The molecule has 0 aromatic carbocycles. The van der Waals surface area contributed by atoms with E-state index >= 15 is 0 Å². The number of carbonyl (C=O) groups excluding carboxylic acids is 2. The number of aromatic nitrogens is 2. The van der Waals surface area contributed by atoms with Crippen molar-refractivity contribution in [3.63, 3.8) is 0 Å². The van der Waals surface area contributed by atoms with E-state index in [-0.39, 0.29) is 30.2 Å². The van der Waals surface area contributed by atoms with Gasteiger partial charge in [0, 0.05) is 43.8 Å². The van der Waals surface area contributed by atoms with Crippen molar-refractivity contribution >= 4 is 23.2 Å². The predicted octanol–water partition coefficient (Wildman–Crippen LogP) is 1.67. The number of nitrogens with zero attached hydrogens (tertiary/aromatic N) is 3. The van der Waals surface area contributed by atoms with E-state index in [0.717, 1.165) is 17.8 Å². The maximum atomic E-state index is 12.5. The Morgan fingerprint density at radius 3 is 3.09 bits per heavy atom. The molecule has 2 atom stereocenters. The normalized spacial score (nSPS) is 20.9. The number of carbonyl (C=O) groups is 2. The second-order valence-corrected chi connectivity index (χ2v) is 6.70. The van der Waals surface area contributed by atoms with Crippen LogP contribution in [0.5, 0.6) is 0 Å². The number of rotatable bonds is 6. The fourth-order valence-electron chi connectivity index (χ4n) is 2.98. The Bertz CT molecular complexity index is 654. The van der Waals surface area contributed by atoms with Gasteiger partial charge in [0.2, 0.25) is 11.8 Å². The minimum absolute atomic E-state index is 0.0296. The van der Waals surface area contributed by atoms with Gasteiger partial charge in [0.25, 0.3) is 0 Å². The average molecular weight is 332 g/mol. The van der Waals surface area contributed by atoms with E-state index in [0.29, 0.717) is 6.54 Å². The molecule has 6 nitrogen and oxygen atoms in total. The Morgan fingerprint density at radius 2 is 2.39 bits per heavy atom. The molecule has 0 saturated carbocycles. The lowest BCUT2D eigenvalue weighted by atomic mass is 9.98. The molecule has 2 aromatic heterocycles. The number of hydrogen-bond donors (Lipinski definition) is 1. The summed E-state index contributed by atoms with van der Waals surface area (Å²) in [7, 11) is 1.78. The van der Waals surface area contributed by atoms with E-state index in [1.54, 1.807) is 35.8 Å². The van der Waals surface area contributed by atoms with Crippen LogP contribution in [-0.2, 0) is 16.1 Å².